The van der Waals surface area contributed by atoms with Crippen molar-refractivity contribution in [2.75, 3.05) is 16.8 Å². The molecule has 0 spiro atoms. The molecule has 1 atom stereocenters. The Morgan fingerprint density at radius 2 is 2.00 bits per heavy atom. The SMILES string of the molecule is O=[N+]([O-])c1ccc(NC(=S)NC2CCS(=O)(=O)C2)cc1. The van der Waals surface area contributed by atoms with Gasteiger partial charge in [0.25, 0.3) is 5.69 Å². The van der Waals surface area contributed by atoms with Crippen molar-refractivity contribution in [1.29, 1.82) is 0 Å². The van der Waals surface area contributed by atoms with Crippen molar-refractivity contribution in [3.8, 4) is 0 Å². The number of nitro benzene ring substituents is 1. The number of anilines is 1. The van der Waals surface area contributed by atoms with Crippen LogP contribution in [-0.4, -0.2) is 36.0 Å². The molecule has 2 N–H and O–H groups in total. The molecule has 1 aliphatic rings. The van der Waals surface area contributed by atoms with Gasteiger partial charge in [0.1, 0.15) is 0 Å². The summed E-state index contributed by atoms with van der Waals surface area (Å²) >= 11 is 5.08. The van der Waals surface area contributed by atoms with Crippen molar-refractivity contribution in [2.24, 2.45) is 0 Å². The second kappa shape index (κ2) is 5.71. The van der Waals surface area contributed by atoms with Gasteiger partial charge in [-0.1, -0.05) is 0 Å². The molecule has 1 unspecified atom stereocenters. The Hall–Kier alpha value is -1.74. The van der Waals surface area contributed by atoms with Crippen LogP contribution in [0, 0.1) is 10.1 Å². The molecule has 1 fully saturated rings. The molecule has 1 heterocycles. The van der Waals surface area contributed by atoms with E-state index in [2.05, 4.69) is 10.6 Å². The van der Waals surface area contributed by atoms with Crippen molar-refractivity contribution in [3.63, 3.8) is 0 Å². The average Bonchev–Trinajstić information content (AvgIpc) is 2.69. The van der Waals surface area contributed by atoms with Crippen LogP contribution in [0.4, 0.5) is 11.4 Å². The molecule has 0 saturated carbocycles. The predicted octanol–water partition coefficient (Wildman–Crippen LogP) is 1.07. The summed E-state index contributed by atoms with van der Waals surface area (Å²) in [5.74, 6) is 0.250. The second-order valence-corrected chi connectivity index (χ2v) is 7.14. The molecular formula is C11H13N3O4S2. The molecule has 0 bridgehead atoms. The van der Waals surface area contributed by atoms with Gasteiger partial charge >= 0.3 is 0 Å². The van der Waals surface area contributed by atoms with Crippen molar-refractivity contribution in [3.05, 3.63) is 34.4 Å². The number of hydrogen-bond acceptors (Lipinski definition) is 5. The fourth-order valence-corrected chi connectivity index (χ4v) is 3.89. The van der Waals surface area contributed by atoms with Crippen LogP contribution in [0.3, 0.4) is 0 Å². The minimum Gasteiger partial charge on any atom is -0.359 e. The molecule has 1 saturated heterocycles. The lowest BCUT2D eigenvalue weighted by molar-refractivity contribution is -0.384. The molecule has 0 aromatic heterocycles. The largest absolute Gasteiger partial charge is 0.359 e. The molecule has 1 aliphatic heterocycles. The highest BCUT2D eigenvalue weighted by molar-refractivity contribution is 7.91. The maximum Gasteiger partial charge on any atom is 0.269 e. The minimum atomic E-state index is -2.95. The zero-order valence-corrected chi connectivity index (χ0v) is 12.0. The number of thiocarbonyl (C=S) groups is 1. The van der Waals surface area contributed by atoms with Crippen LogP contribution in [0.25, 0.3) is 0 Å². The first kappa shape index (κ1) is 14.7. The van der Waals surface area contributed by atoms with Gasteiger partial charge in [-0.3, -0.25) is 10.1 Å². The van der Waals surface area contributed by atoms with Gasteiger partial charge in [0.2, 0.25) is 0 Å². The number of nitrogens with zero attached hydrogens (tertiary/aromatic N) is 1. The quantitative estimate of drug-likeness (QED) is 0.488. The van der Waals surface area contributed by atoms with Crippen molar-refractivity contribution >= 4 is 38.5 Å². The smallest absolute Gasteiger partial charge is 0.269 e. The zero-order valence-electron chi connectivity index (χ0n) is 10.4. The molecule has 0 amide bonds. The molecule has 1 aromatic carbocycles. The van der Waals surface area contributed by atoms with Gasteiger partial charge in [-0.2, -0.15) is 0 Å². The van der Waals surface area contributed by atoms with E-state index in [1.165, 1.54) is 24.3 Å². The molecule has 7 nitrogen and oxygen atoms in total. The maximum absolute atomic E-state index is 11.3. The number of hydrogen-bond donors (Lipinski definition) is 2. The Kier molecular flexibility index (Phi) is 4.19. The second-order valence-electron chi connectivity index (χ2n) is 4.50. The summed E-state index contributed by atoms with van der Waals surface area (Å²) in [6, 6.07) is 5.63. The van der Waals surface area contributed by atoms with Crippen molar-refractivity contribution in [2.45, 2.75) is 12.5 Å². The Balaban J connectivity index is 1.90. The first-order chi connectivity index (χ1) is 9.35. The van der Waals surface area contributed by atoms with E-state index < -0.39 is 14.8 Å². The normalized spacial score (nSPS) is 20.3. The van der Waals surface area contributed by atoms with Crippen LogP contribution in [0.5, 0.6) is 0 Å². The minimum absolute atomic E-state index is 0.00341. The molecular weight excluding hydrogens is 302 g/mol. The van der Waals surface area contributed by atoms with E-state index in [0.29, 0.717) is 17.2 Å². The molecule has 108 valence electrons. The summed E-state index contributed by atoms with van der Waals surface area (Å²) in [5.41, 5.74) is 0.602. The lowest BCUT2D eigenvalue weighted by atomic mass is 10.2. The van der Waals surface area contributed by atoms with Crippen molar-refractivity contribution < 1.29 is 13.3 Å². The number of non-ortho nitro benzene ring substituents is 1. The standard InChI is InChI=1S/C11H13N3O4S2/c15-14(16)10-3-1-8(2-4-10)12-11(19)13-9-5-6-20(17,18)7-9/h1-4,9H,5-7H2,(H2,12,13,19). The average molecular weight is 315 g/mol. The maximum atomic E-state index is 11.3. The number of nitrogens with one attached hydrogen (secondary N) is 2. The zero-order chi connectivity index (χ0) is 14.8. The number of benzene rings is 1. The number of rotatable bonds is 3. The first-order valence-corrected chi connectivity index (χ1v) is 8.11. The lowest BCUT2D eigenvalue weighted by Gasteiger charge is -2.14. The first-order valence-electron chi connectivity index (χ1n) is 5.88. The summed E-state index contributed by atoms with van der Waals surface area (Å²) in [6.07, 6.45) is 0.532. The van der Waals surface area contributed by atoms with Gasteiger partial charge < -0.3 is 10.6 Å². The fourth-order valence-electron chi connectivity index (χ4n) is 1.93. The Morgan fingerprint density at radius 1 is 1.35 bits per heavy atom. The van der Waals surface area contributed by atoms with E-state index in [1.807, 2.05) is 0 Å². The van der Waals surface area contributed by atoms with Crippen LogP contribution in [0.2, 0.25) is 0 Å². The van der Waals surface area contributed by atoms with E-state index in [0.717, 1.165) is 0 Å². The van der Waals surface area contributed by atoms with E-state index >= 15 is 0 Å². The summed E-state index contributed by atoms with van der Waals surface area (Å²) in [4.78, 5) is 10.0. The fraction of sp³-hybridized carbons (Fsp3) is 0.364. The lowest BCUT2D eigenvalue weighted by Crippen LogP contribution is -2.38. The summed E-state index contributed by atoms with van der Waals surface area (Å²) < 4.78 is 22.6. The highest BCUT2D eigenvalue weighted by atomic mass is 32.2. The van der Waals surface area contributed by atoms with Gasteiger partial charge in [0.05, 0.1) is 16.4 Å². The number of nitro groups is 1. The Bertz CT molecular complexity index is 628. The molecule has 0 aliphatic carbocycles. The third-order valence-electron chi connectivity index (χ3n) is 2.90. The topological polar surface area (TPSA) is 101 Å². The molecule has 2 rings (SSSR count). The summed E-state index contributed by atoms with van der Waals surface area (Å²) in [7, 11) is -2.95. The van der Waals surface area contributed by atoms with Gasteiger partial charge in [0, 0.05) is 23.9 Å². The van der Waals surface area contributed by atoms with E-state index in [1.54, 1.807) is 0 Å². The molecule has 0 radical (unpaired) electrons. The molecule has 1 aromatic rings. The monoisotopic (exact) mass is 315 g/mol. The van der Waals surface area contributed by atoms with Crippen LogP contribution >= 0.6 is 12.2 Å². The van der Waals surface area contributed by atoms with Gasteiger partial charge in [-0.05, 0) is 30.8 Å². The van der Waals surface area contributed by atoms with Crippen LogP contribution in [-0.2, 0) is 9.84 Å². The third kappa shape index (κ3) is 3.87. The summed E-state index contributed by atoms with van der Waals surface area (Å²) in [5, 5.41) is 16.6. The van der Waals surface area contributed by atoms with E-state index in [4.69, 9.17) is 12.2 Å². The van der Waals surface area contributed by atoms with Gasteiger partial charge in [0.15, 0.2) is 14.9 Å². The van der Waals surface area contributed by atoms with Gasteiger partial charge in [-0.25, -0.2) is 8.42 Å². The predicted molar refractivity (Wildman–Crippen MR) is 79.5 cm³/mol. The van der Waals surface area contributed by atoms with E-state index in [-0.39, 0.29) is 23.2 Å². The van der Waals surface area contributed by atoms with Crippen molar-refractivity contribution in [1.82, 2.24) is 5.32 Å². The Labute approximate surface area is 121 Å². The highest BCUT2D eigenvalue weighted by Gasteiger charge is 2.28. The third-order valence-corrected chi connectivity index (χ3v) is 4.89. The number of sulfone groups is 1. The van der Waals surface area contributed by atoms with Crippen LogP contribution < -0.4 is 10.6 Å². The Morgan fingerprint density at radius 3 is 2.50 bits per heavy atom. The van der Waals surface area contributed by atoms with E-state index in [9.17, 15) is 18.5 Å². The summed E-state index contributed by atoms with van der Waals surface area (Å²) in [6.45, 7) is 0. The van der Waals surface area contributed by atoms with Gasteiger partial charge in [-0.15, -0.1) is 0 Å². The van der Waals surface area contributed by atoms with Crippen LogP contribution in [0.15, 0.2) is 24.3 Å². The highest BCUT2D eigenvalue weighted by Crippen LogP contribution is 2.16. The molecule has 20 heavy (non-hydrogen) atoms. The molecule has 9 heteroatoms. The van der Waals surface area contributed by atoms with Crippen LogP contribution in [0.1, 0.15) is 6.42 Å².